The molecule has 0 bridgehead atoms. The van der Waals surface area contributed by atoms with E-state index in [-0.39, 0.29) is 10.7 Å². The molecule has 29 heavy (non-hydrogen) atoms. The summed E-state index contributed by atoms with van der Waals surface area (Å²) in [5.41, 5.74) is 3.48. The maximum Gasteiger partial charge on any atom is 0.238 e. The number of nitrogens with zero attached hydrogens (tertiary/aromatic N) is 4. The van der Waals surface area contributed by atoms with E-state index >= 15 is 0 Å². The summed E-state index contributed by atoms with van der Waals surface area (Å²) < 4.78 is 24.2. The first-order valence-electron chi connectivity index (χ1n) is 9.44. The van der Waals surface area contributed by atoms with Crippen LogP contribution in [0.2, 0.25) is 0 Å². The van der Waals surface area contributed by atoms with Crippen LogP contribution in [0.25, 0.3) is 22.5 Å². The van der Waals surface area contributed by atoms with E-state index in [2.05, 4.69) is 51.5 Å². The van der Waals surface area contributed by atoms with Crippen LogP contribution in [-0.4, -0.2) is 47.0 Å². The Morgan fingerprint density at radius 2 is 1.93 bits per heavy atom. The summed E-state index contributed by atoms with van der Waals surface area (Å²) >= 11 is 0. The number of likely N-dealkylation sites (tertiary alicyclic amines) is 1. The van der Waals surface area contributed by atoms with Gasteiger partial charge in [-0.2, -0.15) is 5.21 Å². The van der Waals surface area contributed by atoms with E-state index in [0.717, 1.165) is 25.2 Å². The molecule has 3 aromatic rings. The van der Waals surface area contributed by atoms with Crippen LogP contribution in [0.4, 0.5) is 0 Å². The van der Waals surface area contributed by atoms with Gasteiger partial charge in [0.1, 0.15) is 0 Å². The van der Waals surface area contributed by atoms with E-state index in [1.807, 2.05) is 18.2 Å². The van der Waals surface area contributed by atoms with Crippen molar-refractivity contribution in [3.63, 3.8) is 0 Å². The monoisotopic (exact) mass is 412 g/mol. The number of nitrogens with two attached hydrogens (primary N) is 1. The summed E-state index contributed by atoms with van der Waals surface area (Å²) in [6.45, 7) is 7.70. The highest BCUT2D eigenvalue weighted by molar-refractivity contribution is 7.89. The quantitative estimate of drug-likeness (QED) is 0.664. The molecular formula is C20H24N6O2S. The van der Waals surface area contributed by atoms with Crippen LogP contribution < -0.4 is 5.14 Å². The van der Waals surface area contributed by atoms with Crippen molar-refractivity contribution < 1.29 is 8.42 Å². The van der Waals surface area contributed by atoms with Crippen LogP contribution in [0.3, 0.4) is 0 Å². The van der Waals surface area contributed by atoms with E-state index in [9.17, 15) is 8.42 Å². The summed E-state index contributed by atoms with van der Waals surface area (Å²) in [4.78, 5) is 2.43. The smallest absolute Gasteiger partial charge is 0.238 e. The molecule has 1 aliphatic rings. The number of primary sulfonamides is 1. The minimum Gasteiger partial charge on any atom is -0.299 e. The van der Waals surface area contributed by atoms with E-state index in [0.29, 0.717) is 16.5 Å². The molecule has 4 rings (SSSR count). The van der Waals surface area contributed by atoms with Crippen LogP contribution in [0.15, 0.2) is 47.4 Å². The molecule has 0 atom stereocenters. The molecule has 0 unspecified atom stereocenters. The third-order valence-corrected chi connectivity index (χ3v) is 6.28. The van der Waals surface area contributed by atoms with Gasteiger partial charge in [0.2, 0.25) is 15.8 Å². The van der Waals surface area contributed by atoms with Gasteiger partial charge >= 0.3 is 0 Å². The number of tetrazole rings is 1. The third-order valence-electron chi connectivity index (χ3n) is 5.33. The standard InChI is InChI=1S/C20H24N6O2S/c1-20(2)10-11-26(13-20)12-14-6-8-15(9-7-14)16-4-3-5-17(29(21,27)28)18(16)19-22-24-25-23-19/h3-9H,10-13H2,1-2H3,(H2,21,27,28)(H,22,23,24,25). The summed E-state index contributed by atoms with van der Waals surface area (Å²) in [5, 5.41) is 19.3. The lowest BCUT2D eigenvalue weighted by Gasteiger charge is -2.20. The fourth-order valence-electron chi connectivity index (χ4n) is 3.91. The van der Waals surface area contributed by atoms with Crippen molar-refractivity contribution in [2.45, 2.75) is 31.7 Å². The first-order valence-corrected chi connectivity index (χ1v) is 11.0. The number of rotatable bonds is 5. The van der Waals surface area contributed by atoms with Gasteiger partial charge in [-0.15, -0.1) is 10.2 Å². The Morgan fingerprint density at radius 3 is 2.52 bits per heavy atom. The number of aromatic nitrogens is 4. The van der Waals surface area contributed by atoms with Crippen molar-refractivity contribution in [1.29, 1.82) is 0 Å². The number of sulfonamides is 1. The summed E-state index contributed by atoms with van der Waals surface area (Å²) in [6.07, 6.45) is 1.21. The molecule has 152 valence electrons. The molecule has 1 aliphatic heterocycles. The molecule has 8 nitrogen and oxygen atoms in total. The minimum atomic E-state index is -3.95. The first-order chi connectivity index (χ1) is 13.7. The number of hydrogen-bond donors (Lipinski definition) is 2. The van der Waals surface area contributed by atoms with Gasteiger partial charge in [0, 0.05) is 13.1 Å². The fourth-order valence-corrected chi connectivity index (χ4v) is 4.67. The summed E-state index contributed by atoms with van der Waals surface area (Å²) in [7, 11) is -3.95. The minimum absolute atomic E-state index is 0.0280. The molecule has 0 radical (unpaired) electrons. The molecular weight excluding hydrogens is 388 g/mol. The fraction of sp³-hybridized carbons (Fsp3) is 0.350. The molecule has 3 N–H and O–H groups in total. The lowest BCUT2D eigenvalue weighted by atomic mass is 9.93. The topological polar surface area (TPSA) is 118 Å². The highest BCUT2D eigenvalue weighted by Gasteiger charge is 2.29. The number of nitrogens with one attached hydrogen (secondary N) is 1. The lowest BCUT2D eigenvalue weighted by Crippen LogP contribution is -2.22. The average Bonchev–Trinajstić information content (AvgIpc) is 3.31. The molecule has 1 saturated heterocycles. The number of H-pyrrole nitrogens is 1. The highest BCUT2D eigenvalue weighted by Crippen LogP contribution is 2.35. The second-order valence-electron chi connectivity index (χ2n) is 8.28. The molecule has 2 aromatic carbocycles. The predicted molar refractivity (Wildman–Crippen MR) is 110 cm³/mol. The summed E-state index contributed by atoms with van der Waals surface area (Å²) in [6, 6.07) is 13.1. The predicted octanol–water partition coefficient (Wildman–Crippen LogP) is 2.41. The van der Waals surface area contributed by atoms with Gasteiger partial charge in [0.25, 0.3) is 0 Å². The molecule has 0 amide bonds. The van der Waals surface area contributed by atoms with Crippen LogP contribution in [0.1, 0.15) is 25.8 Å². The largest absolute Gasteiger partial charge is 0.299 e. The Kier molecular flexibility index (Phi) is 4.97. The Bertz CT molecular complexity index is 1110. The zero-order valence-electron chi connectivity index (χ0n) is 16.5. The second kappa shape index (κ2) is 7.33. The van der Waals surface area contributed by atoms with E-state index in [4.69, 9.17) is 5.14 Å². The van der Waals surface area contributed by atoms with E-state index in [1.54, 1.807) is 6.07 Å². The third kappa shape index (κ3) is 4.21. The van der Waals surface area contributed by atoms with Gasteiger partial charge in [-0.3, -0.25) is 4.90 Å². The van der Waals surface area contributed by atoms with Gasteiger partial charge < -0.3 is 0 Å². The van der Waals surface area contributed by atoms with Crippen LogP contribution >= 0.6 is 0 Å². The number of aromatic amines is 1. The molecule has 1 fully saturated rings. The zero-order valence-corrected chi connectivity index (χ0v) is 17.3. The van der Waals surface area contributed by atoms with Crippen LogP contribution in [0.5, 0.6) is 0 Å². The second-order valence-corrected chi connectivity index (χ2v) is 9.81. The van der Waals surface area contributed by atoms with Gasteiger partial charge in [0.05, 0.1) is 10.5 Å². The maximum atomic E-state index is 12.1. The average molecular weight is 413 g/mol. The normalized spacial score (nSPS) is 16.9. The molecule has 0 aliphatic carbocycles. The Morgan fingerprint density at radius 1 is 1.17 bits per heavy atom. The van der Waals surface area contributed by atoms with Crippen molar-refractivity contribution in [3.8, 4) is 22.5 Å². The Balaban J connectivity index is 1.69. The maximum absolute atomic E-state index is 12.1. The molecule has 1 aromatic heterocycles. The summed E-state index contributed by atoms with van der Waals surface area (Å²) in [5.74, 6) is 0.188. The lowest BCUT2D eigenvalue weighted by molar-refractivity contribution is 0.284. The Labute approximate surface area is 170 Å². The number of hydrogen-bond acceptors (Lipinski definition) is 6. The molecule has 2 heterocycles. The van der Waals surface area contributed by atoms with E-state index < -0.39 is 10.0 Å². The molecule has 0 saturated carbocycles. The highest BCUT2D eigenvalue weighted by atomic mass is 32.2. The molecule has 9 heteroatoms. The zero-order chi connectivity index (χ0) is 20.6. The van der Waals surface area contributed by atoms with Crippen molar-refractivity contribution in [1.82, 2.24) is 25.5 Å². The van der Waals surface area contributed by atoms with Gasteiger partial charge in [-0.05, 0) is 46.4 Å². The van der Waals surface area contributed by atoms with Crippen molar-refractivity contribution in [2.75, 3.05) is 13.1 Å². The SMILES string of the molecule is CC1(C)CCN(Cc2ccc(-c3cccc(S(N)(=O)=O)c3-c3nn[nH]n3)cc2)C1. The van der Waals surface area contributed by atoms with Crippen molar-refractivity contribution in [3.05, 3.63) is 48.0 Å². The van der Waals surface area contributed by atoms with Gasteiger partial charge in [0.15, 0.2) is 0 Å². The Hall–Kier alpha value is -2.62. The van der Waals surface area contributed by atoms with Crippen LogP contribution in [0, 0.1) is 5.41 Å². The van der Waals surface area contributed by atoms with Gasteiger partial charge in [-0.1, -0.05) is 50.2 Å². The van der Waals surface area contributed by atoms with Crippen LogP contribution in [-0.2, 0) is 16.6 Å². The van der Waals surface area contributed by atoms with E-state index in [1.165, 1.54) is 18.1 Å². The first kappa shape index (κ1) is 19.7. The van der Waals surface area contributed by atoms with Crippen molar-refractivity contribution in [2.24, 2.45) is 10.6 Å². The van der Waals surface area contributed by atoms with Gasteiger partial charge in [-0.25, -0.2) is 13.6 Å². The number of benzene rings is 2. The molecule has 0 spiro atoms. The van der Waals surface area contributed by atoms with Crippen molar-refractivity contribution >= 4 is 10.0 Å².